The Balaban J connectivity index is 1.62. The first-order chi connectivity index (χ1) is 10.8. The first-order valence-corrected chi connectivity index (χ1v) is 7.33. The van der Waals surface area contributed by atoms with Crippen molar-refractivity contribution in [1.29, 1.82) is 0 Å². The second-order valence-corrected chi connectivity index (χ2v) is 5.34. The zero-order valence-corrected chi connectivity index (χ0v) is 12.6. The summed E-state index contributed by atoms with van der Waals surface area (Å²) in [6.45, 7) is 0.954. The van der Waals surface area contributed by atoms with Crippen LogP contribution in [0, 0.1) is 0 Å². The van der Waals surface area contributed by atoms with Crippen molar-refractivity contribution in [3.05, 3.63) is 65.7 Å². The van der Waals surface area contributed by atoms with Gasteiger partial charge in [-0.05, 0) is 23.3 Å². The molecule has 0 bridgehead atoms. The first-order valence-electron chi connectivity index (χ1n) is 7.33. The zero-order valence-electron chi connectivity index (χ0n) is 12.6. The molecule has 0 aromatic heterocycles. The van der Waals surface area contributed by atoms with E-state index in [1.165, 1.54) is 0 Å². The van der Waals surface area contributed by atoms with Crippen molar-refractivity contribution in [2.75, 3.05) is 20.4 Å². The Kier molecular flexibility index (Phi) is 4.39. The lowest BCUT2D eigenvalue weighted by Gasteiger charge is -2.14. The van der Waals surface area contributed by atoms with E-state index in [-0.39, 0.29) is 12.0 Å². The van der Waals surface area contributed by atoms with Crippen molar-refractivity contribution < 1.29 is 14.3 Å². The highest BCUT2D eigenvalue weighted by Crippen LogP contribution is 2.25. The third-order valence-electron chi connectivity index (χ3n) is 3.83. The maximum absolute atomic E-state index is 12.4. The highest BCUT2D eigenvalue weighted by molar-refractivity contribution is 5.79. The summed E-state index contributed by atoms with van der Waals surface area (Å²) in [5, 5.41) is 0. The van der Waals surface area contributed by atoms with Crippen molar-refractivity contribution in [3.8, 4) is 5.75 Å². The number of carbonyl (C=O) groups is 1. The Morgan fingerprint density at radius 1 is 1.23 bits per heavy atom. The molecule has 2 aromatic rings. The first kappa shape index (κ1) is 14.6. The van der Waals surface area contributed by atoms with Crippen LogP contribution < -0.4 is 4.74 Å². The minimum atomic E-state index is -0.0320. The maximum Gasteiger partial charge on any atom is 0.228 e. The Labute approximate surface area is 130 Å². The molecule has 4 heteroatoms. The molecule has 0 radical (unpaired) electrons. The van der Waals surface area contributed by atoms with Crippen molar-refractivity contribution in [2.45, 2.75) is 12.5 Å². The van der Waals surface area contributed by atoms with Crippen LogP contribution in [0.15, 0.2) is 54.6 Å². The molecule has 2 aromatic carbocycles. The SMILES string of the molecule is COc1cccc(CC(=O)N2COC(c3ccccc3)C2)c1. The van der Waals surface area contributed by atoms with E-state index < -0.39 is 0 Å². The highest BCUT2D eigenvalue weighted by Gasteiger charge is 2.27. The summed E-state index contributed by atoms with van der Waals surface area (Å²) >= 11 is 0. The van der Waals surface area contributed by atoms with Gasteiger partial charge in [0, 0.05) is 0 Å². The number of carbonyl (C=O) groups excluding carboxylic acids is 1. The molecule has 4 nitrogen and oxygen atoms in total. The molecule has 1 amide bonds. The van der Waals surface area contributed by atoms with Crippen molar-refractivity contribution in [3.63, 3.8) is 0 Å². The molecule has 1 unspecified atom stereocenters. The van der Waals surface area contributed by atoms with E-state index in [0.717, 1.165) is 16.9 Å². The van der Waals surface area contributed by atoms with Crippen LogP contribution in [0.25, 0.3) is 0 Å². The van der Waals surface area contributed by atoms with Gasteiger partial charge in [0.15, 0.2) is 0 Å². The van der Waals surface area contributed by atoms with Gasteiger partial charge in [-0.2, -0.15) is 0 Å². The summed E-state index contributed by atoms with van der Waals surface area (Å²) in [5.74, 6) is 0.844. The fourth-order valence-corrected chi connectivity index (χ4v) is 2.60. The number of rotatable bonds is 4. The second-order valence-electron chi connectivity index (χ2n) is 5.34. The lowest BCUT2D eigenvalue weighted by atomic mass is 10.1. The second kappa shape index (κ2) is 6.62. The van der Waals surface area contributed by atoms with Crippen LogP contribution in [-0.2, 0) is 16.0 Å². The maximum atomic E-state index is 12.4. The summed E-state index contributed by atoms with van der Waals surface area (Å²) in [7, 11) is 1.62. The van der Waals surface area contributed by atoms with Crippen LogP contribution in [0.2, 0.25) is 0 Å². The van der Waals surface area contributed by atoms with E-state index in [1.54, 1.807) is 12.0 Å². The fraction of sp³-hybridized carbons (Fsp3) is 0.278. The smallest absolute Gasteiger partial charge is 0.228 e. The number of methoxy groups -OCH3 is 1. The van der Waals surface area contributed by atoms with Gasteiger partial charge < -0.3 is 14.4 Å². The van der Waals surface area contributed by atoms with E-state index in [2.05, 4.69) is 0 Å². The molecular formula is C18H19NO3. The molecule has 114 valence electrons. The van der Waals surface area contributed by atoms with Gasteiger partial charge >= 0.3 is 0 Å². The average Bonchev–Trinajstić information content (AvgIpc) is 3.06. The normalized spacial score (nSPS) is 17.5. The molecular weight excluding hydrogens is 278 g/mol. The molecule has 0 N–H and O–H groups in total. The summed E-state index contributed by atoms with van der Waals surface area (Å²) < 4.78 is 10.9. The molecule has 1 aliphatic rings. The molecule has 0 aliphatic carbocycles. The van der Waals surface area contributed by atoms with Crippen LogP contribution in [-0.4, -0.2) is 31.2 Å². The third kappa shape index (κ3) is 3.28. The number of ether oxygens (including phenoxy) is 2. The fourth-order valence-electron chi connectivity index (χ4n) is 2.60. The summed E-state index contributed by atoms with van der Waals surface area (Å²) in [5.41, 5.74) is 2.06. The Morgan fingerprint density at radius 3 is 2.82 bits per heavy atom. The predicted molar refractivity (Wildman–Crippen MR) is 83.5 cm³/mol. The van der Waals surface area contributed by atoms with E-state index in [1.807, 2.05) is 54.6 Å². The van der Waals surface area contributed by atoms with E-state index in [4.69, 9.17) is 9.47 Å². The van der Waals surface area contributed by atoms with Crippen LogP contribution in [0.5, 0.6) is 5.75 Å². The molecule has 1 heterocycles. The predicted octanol–water partition coefficient (Wildman–Crippen LogP) is 2.80. The summed E-state index contributed by atoms with van der Waals surface area (Å²) in [6, 6.07) is 17.6. The molecule has 22 heavy (non-hydrogen) atoms. The Bertz CT molecular complexity index is 642. The topological polar surface area (TPSA) is 38.8 Å². The largest absolute Gasteiger partial charge is 0.497 e. The third-order valence-corrected chi connectivity index (χ3v) is 3.83. The molecule has 3 rings (SSSR count). The van der Waals surface area contributed by atoms with Crippen molar-refractivity contribution >= 4 is 5.91 Å². The molecule has 1 fully saturated rings. The molecule has 0 saturated carbocycles. The van der Waals surface area contributed by atoms with Crippen molar-refractivity contribution in [1.82, 2.24) is 4.90 Å². The van der Waals surface area contributed by atoms with Gasteiger partial charge in [0.1, 0.15) is 18.6 Å². The number of nitrogens with zero attached hydrogens (tertiary/aromatic N) is 1. The Morgan fingerprint density at radius 2 is 2.05 bits per heavy atom. The van der Waals surface area contributed by atoms with Gasteiger partial charge in [0.2, 0.25) is 5.91 Å². The van der Waals surface area contributed by atoms with Gasteiger partial charge in [0.05, 0.1) is 20.1 Å². The van der Waals surface area contributed by atoms with Crippen LogP contribution in [0.4, 0.5) is 0 Å². The Hall–Kier alpha value is -2.33. The number of benzene rings is 2. The monoisotopic (exact) mass is 297 g/mol. The van der Waals surface area contributed by atoms with Gasteiger partial charge in [-0.15, -0.1) is 0 Å². The minimum Gasteiger partial charge on any atom is -0.497 e. The van der Waals surface area contributed by atoms with Gasteiger partial charge in [-0.1, -0.05) is 42.5 Å². The van der Waals surface area contributed by atoms with Gasteiger partial charge in [-0.3, -0.25) is 4.79 Å². The summed E-state index contributed by atoms with van der Waals surface area (Å²) in [6.07, 6.45) is 0.331. The van der Waals surface area contributed by atoms with Crippen LogP contribution in [0.1, 0.15) is 17.2 Å². The molecule has 1 aliphatic heterocycles. The van der Waals surface area contributed by atoms with Crippen LogP contribution in [0.3, 0.4) is 0 Å². The standard InChI is InChI=1S/C18H19NO3/c1-21-16-9-5-6-14(10-16)11-18(20)19-12-17(22-13-19)15-7-3-2-4-8-15/h2-10,17H,11-13H2,1H3. The van der Waals surface area contributed by atoms with Crippen molar-refractivity contribution in [2.24, 2.45) is 0 Å². The van der Waals surface area contributed by atoms with E-state index >= 15 is 0 Å². The average molecular weight is 297 g/mol. The zero-order chi connectivity index (χ0) is 15.4. The van der Waals surface area contributed by atoms with Crippen LogP contribution >= 0.6 is 0 Å². The quantitative estimate of drug-likeness (QED) is 0.871. The van der Waals surface area contributed by atoms with E-state index in [0.29, 0.717) is 19.7 Å². The van der Waals surface area contributed by atoms with E-state index in [9.17, 15) is 4.79 Å². The molecule has 1 saturated heterocycles. The number of hydrogen-bond acceptors (Lipinski definition) is 3. The van der Waals surface area contributed by atoms with Gasteiger partial charge in [-0.25, -0.2) is 0 Å². The highest BCUT2D eigenvalue weighted by atomic mass is 16.5. The molecule has 1 atom stereocenters. The molecule has 0 spiro atoms. The lowest BCUT2D eigenvalue weighted by Crippen LogP contribution is -2.30. The minimum absolute atomic E-state index is 0.0320. The number of amides is 1. The van der Waals surface area contributed by atoms with Gasteiger partial charge in [0.25, 0.3) is 0 Å². The lowest BCUT2D eigenvalue weighted by molar-refractivity contribution is -0.130. The summed E-state index contributed by atoms with van der Waals surface area (Å²) in [4.78, 5) is 14.2. The number of hydrogen-bond donors (Lipinski definition) is 0.